The van der Waals surface area contributed by atoms with Gasteiger partial charge in [-0.15, -0.1) is 0 Å². The minimum absolute atomic E-state index is 0.0863. The molecule has 6 nitrogen and oxygen atoms in total. The second kappa shape index (κ2) is 5.18. The summed E-state index contributed by atoms with van der Waals surface area (Å²) in [6, 6.07) is 8.53. The molecule has 0 unspecified atom stereocenters. The minimum atomic E-state index is -1.47. The number of imide groups is 1. The van der Waals surface area contributed by atoms with E-state index in [0.717, 1.165) is 0 Å². The van der Waals surface area contributed by atoms with Gasteiger partial charge in [0.2, 0.25) is 0 Å². The molecule has 0 atom stereocenters. The Morgan fingerprint density at radius 1 is 1.05 bits per heavy atom. The molecule has 2 rings (SSSR count). The number of hydrogen-bond acceptors (Lipinski definition) is 4. The smallest absolute Gasteiger partial charge is 0.419 e. The fourth-order valence-corrected chi connectivity index (χ4v) is 1.58. The van der Waals surface area contributed by atoms with Crippen LogP contribution in [0.5, 0.6) is 5.75 Å². The number of rotatable bonds is 2. The average Bonchev–Trinajstić information content (AvgIpc) is 2.42. The van der Waals surface area contributed by atoms with Gasteiger partial charge in [-0.2, -0.15) is 0 Å². The van der Waals surface area contributed by atoms with E-state index in [1.807, 2.05) is 0 Å². The van der Waals surface area contributed by atoms with Gasteiger partial charge >= 0.3 is 6.09 Å². The molecule has 0 radical (unpaired) electrons. The predicted octanol–water partition coefficient (Wildman–Crippen LogP) is 2.11. The molecule has 0 aliphatic heterocycles. The molecule has 0 aliphatic carbocycles. The van der Waals surface area contributed by atoms with E-state index in [-0.39, 0.29) is 17.0 Å². The van der Waals surface area contributed by atoms with Gasteiger partial charge in [0.05, 0.1) is 5.69 Å². The van der Waals surface area contributed by atoms with E-state index in [2.05, 4.69) is 4.98 Å². The Hall–Kier alpha value is -2.89. The molecular weight excluding hydrogens is 248 g/mol. The van der Waals surface area contributed by atoms with Crippen LogP contribution in [-0.4, -0.2) is 27.2 Å². The van der Waals surface area contributed by atoms with Crippen molar-refractivity contribution in [1.82, 2.24) is 4.98 Å². The number of aromatic hydroxyl groups is 1. The molecule has 2 amide bonds. The average molecular weight is 258 g/mol. The molecule has 19 heavy (non-hydrogen) atoms. The SMILES string of the molecule is O=C(O)N(C(=O)c1ccncc1)c1ccccc1O. The zero-order valence-electron chi connectivity index (χ0n) is 9.72. The molecule has 0 saturated heterocycles. The summed E-state index contributed by atoms with van der Waals surface area (Å²) >= 11 is 0. The Kier molecular flexibility index (Phi) is 3.42. The first-order chi connectivity index (χ1) is 9.11. The van der Waals surface area contributed by atoms with Gasteiger partial charge in [0, 0.05) is 18.0 Å². The van der Waals surface area contributed by atoms with Crippen molar-refractivity contribution in [2.24, 2.45) is 0 Å². The van der Waals surface area contributed by atoms with Gasteiger partial charge < -0.3 is 10.2 Å². The number of hydrogen-bond donors (Lipinski definition) is 2. The maximum absolute atomic E-state index is 12.1. The molecule has 0 saturated carbocycles. The summed E-state index contributed by atoms with van der Waals surface area (Å²) < 4.78 is 0. The zero-order valence-corrected chi connectivity index (χ0v) is 9.72. The first kappa shape index (κ1) is 12.6. The van der Waals surface area contributed by atoms with Gasteiger partial charge in [0.15, 0.2) is 0 Å². The van der Waals surface area contributed by atoms with Crippen molar-refractivity contribution >= 4 is 17.7 Å². The summed E-state index contributed by atoms with van der Waals surface area (Å²) in [4.78, 5) is 27.6. The van der Waals surface area contributed by atoms with Crippen LogP contribution in [0.2, 0.25) is 0 Å². The van der Waals surface area contributed by atoms with E-state index in [1.165, 1.54) is 48.8 Å². The number of aromatic nitrogens is 1. The van der Waals surface area contributed by atoms with Gasteiger partial charge in [0.1, 0.15) is 5.75 Å². The Labute approximate surface area is 108 Å². The van der Waals surface area contributed by atoms with Crippen LogP contribution in [0.15, 0.2) is 48.8 Å². The summed E-state index contributed by atoms with van der Waals surface area (Å²) in [6.45, 7) is 0. The maximum Gasteiger partial charge on any atom is 0.419 e. The van der Waals surface area contributed by atoms with Gasteiger partial charge in [-0.1, -0.05) is 12.1 Å². The Morgan fingerprint density at radius 3 is 2.26 bits per heavy atom. The quantitative estimate of drug-likeness (QED) is 0.860. The van der Waals surface area contributed by atoms with Gasteiger partial charge in [-0.25, -0.2) is 9.69 Å². The number of amides is 2. The molecule has 1 heterocycles. The summed E-state index contributed by atoms with van der Waals surface area (Å²) in [5.41, 5.74) is 0.0810. The fraction of sp³-hybridized carbons (Fsp3) is 0. The van der Waals surface area contributed by atoms with E-state index in [1.54, 1.807) is 0 Å². The topological polar surface area (TPSA) is 90.7 Å². The summed E-state index contributed by atoms with van der Waals surface area (Å²) in [7, 11) is 0. The number of anilines is 1. The number of carbonyl (C=O) groups excluding carboxylic acids is 1. The third-order valence-electron chi connectivity index (χ3n) is 2.44. The number of benzene rings is 1. The van der Waals surface area contributed by atoms with Crippen LogP contribution in [0, 0.1) is 0 Å². The Morgan fingerprint density at radius 2 is 1.68 bits per heavy atom. The van der Waals surface area contributed by atoms with Crippen molar-refractivity contribution in [3.8, 4) is 5.75 Å². The lowest BCUT2D eigenvalue weighted by Crippen LogP contribution is -2.35. The third-order valence-corrected chi connectivity index (χ3v) is 2.44. The second-order valence-electron chi connectivity index (χ2n) is 3.65. The standard InChI is InChI=1S/C13H10N2O4/c16-11-4-2-1-3-10(11)15(13(18)19)12(17)9-5-7-14-8-6-9/h1-8,16H,(H,18,19). The molecule has 96 valence electrons. The molecule has 0 aliphatic rings. The van der Waals surface area contributed by atoms with Gasteiger partial charge in [-0.3, -0.25) is 9.78 Å². The minimum Gasteiger partial charge on any atom is -0.506 e. The van der Waals surface area contributed by atoms with Crippen LogP contribution >= 0.6 is 0 Å². The van der Waals surface area contributed by atoms with Crippen molar-refractivity contribution in [1.29, 1.82) is 0 Å². The molecule has 2 N–H and O–H groups in total. The number of carboxylic acid groups (broad SMARTS) is 1. The molecule has 0 spiro atoms. The van der Waals surface area contributed by atoms with E-state index in [0.29, 0.717) is 4.90 Å². The van der Waals surface area contributed by atoms with Gasteiger partial charge in [-0.05, 0) is 24.3 Å². The highest BCUT2D eigenvalue weighted by Crippen LogP contribution is 2.27. The summed E-state index contributed by atoms with van der Waals surface area (Å²) in [5.74, 6) is -1.04. The monoisotopic (exact) mass is 258 g/mol. The molecule has 6 heteroatoms. The van der Waals surface area contributed by atoms with E-state index >= 15 is 0 Å². The summed E-state index contributed by atoms with van der Waals surface area (Å²) in [5, 5.41) is 18.8. The van der Waals surface area contributed by atoms with Crippen LogP contribution < -0.4 is 4.90 Å². The van der Waals surface area contributed by atoms with Crippen LogP contribution in [0.4, 0.5) is 10.5 Å². The molecular formula is C13H10N2O4. The first-order valence-electron chi connectivity index (χ1n) is 5.36. The Balaban J connectivity index is 2.45. The first-order valence-corrected chi connectivity index (χ1v) is 5.36. The highest BCUT2D eigenvalue weighted by atomic mass is 16.4. The third kappa shape index (κ3) is 2.52. The largest absolute Gasteiger partial charge is 0.506 e. The molecule has 1 aromatic carbocycles. The summed E-state index contributed by atoms with van der Waals surface area (Å²) in [6.07, 6.45) is 1.30. The Bertz CT molecular complexity index is 613. The highest BCUT2D eigenvalue weighted by Gasteiger charge is 2.26. The van der Waals surface area contributed by atoms with Crippen LogP contribution in [-0.2, 0) is 0 Å². The number of carbonyl (C=O) groups is 2. The van der Waals surface area contributed by atoms with Crippen molar-refractivity contribution in [3.05, 3.63) is 54.4 Å². The fourth-order valence-electron chi connectivity index (χ4n) is 1.58. The second-order valence-corrected chi connectivity index (χ2v) is 3.65. The lowest BCUT2D eigenvalue weighted by molar-refractivity contribution is 0.0982. The van der Waals surface area contributed by atoms with Crippen LogP contribution in [0.25, 0.3) is 0 Å². The molecule has 0 bridgehead atoms. The normalized spacial score (nSPS) is 9.89. The highest BCUT2D eigenvalue weighted by molar-refractivity contribution is 6.19. The van der Waals surface area contributed by atoms with Crippen LogP contribution in [0.3, 0.4) is 0 Å². The van der Waals surface area contributed by atoms with Gasteiger partial charge in [0.25, 0.3) is 5.91 Å². The molecule has 2 aromatic rings. The number of pyridine rings is 1. The van der Waals surface area contributed by atoms with Crippen LogP contribution in [0.1, 0.15) is 10.4 Å². The number of phenols is 1. The zero-order chi connectivity index (χ0) is 13.8. The van der Waals surface area contributed by atoms with Crippen molar-refractivity contribution in [2.45, 2.75) is 0 Å². The van der Waals surface area contributed by atoms with E-state index in [4.69, 9.17) is 5.11 Å². The van der Waals surface area contributed by atoms with E-state index < -0.39 is 12.0 Å². The predicted molar refractivity (Wildman–Crippen MR) is 67.2 cm³/mol. The maximum atomic E-state index is 12.1. The van der Waals surface area contributed by atoms with E-state index in [9.17, 15) is 14.7 Å². The number of nitrogens with zero attached hydrogens (tertiary/aromatic N) is 2. The number of para-hydroxylation sites is 2. The number of phenolic OH excluding ortho intramolecular Hbond substituents is 1. The lowest BCUT2D eigenvalue weighted by Gasteiger charge is -2.18. The van der Waals surface area contributed by atoms with Crippen molar-refractivity contribution in [3.63, 3.8) is 0 Å². The lowest BCUT2D eigenvalue weighted by atomic mass is 10.2. The molecule has 1 aromatic heterocycles. The van der Waals surface area contributed by atoms with Crippen molar-refractivity contribution in [2.75, 3.05) is 4.90 Å². The molecule has 0 fully saturated rings. The van der Waals surface area contributed by atoms with Crippen molar-refractivity contribution < 1.29 is 19.8 Å².